The quantitative estimate of drug-likeness (QED) is 0.170. The minimum atomic E-state index is -1.13. The Morgan fingerprint density at radius 2 is 1.73 bits per heavy atom. The molecule has 0 rings (SSSR count). The van der Waals surface area contributed by atoms with Crippen molar-refractivity contribution in [2.45, 2.75) is 64.1 Å². The van der Waals surface area contributed by atoms with Gasteiger partial charge in [-0.3, -0.25) is 14.4 Å². The monoisotopic (exact) mass is 447 g/mol. The maximum Gasteiger partial charge on any atom is 0.326 e. The molecule has 0 aromatic carbocycles. The zero-order valence-electron chi connectivity index (χ0n) is 18.1. The Morgan fingerprint density at radius 1 is 1.07 bits per heavy atom. The third kappa shape index (κ3) is 11.4. The minimum absolute atomic E-state index is 0.179. The Bertz CT molecular complexity index is 563. The molecule has 0 spiro atoms. The van der Waals surface area contributed by atoms with E-state index < -0.39 is 41.8 Å². The van der Waals surface area contributed by atoms with Gasteiger partial charge in [-0.2, -0.15) is 11.8 Å². The second kappa shape index (κ2) is 15.9. The number of aliphatic carboxylic acids is 1. The number of carboxylic acids is 1. The first kappa shape index (κ1) is 28.1. The molecule has 174 valence electrons. The fourth-order valence-corrected chi connectivity index (χ4v) is 3.09. The largest absolute Gasteiger partial charge is 0.480 e. The van der Waals surface area contributed by atoms with Gasteiger partial charge < -0.3 is 32.5 Å². The summed E-state index contributed by atoms with van der Waals surface area (Å²) in [4.78, 5) is 48.2. The second-order valence-corrected chi connectivity index (χ2v) is 8.21. The minimum Gasteiger partial charge on any atom is -0.480 e. The highest BCUT2D eigenvalue weighted by Crippen LogP contribution is 2.09. The molecule has 0 heterocycles. The SMILES string of the molecule is CCC(C)C(NC(=O)C(N)CCCCN)C(=O)NCC(=O)NC(CCSC)C(=O)O. The van der Waals surface area contributed by atoms with E-state index in [1.54, 1.807) is 0 Å². The molecule has 8 N–H and O–H groups in total. The number of amides is 3. The van der Waals surface area contributed by atoms with Gasteiger partial charge in [-0.1, -0.05) is 26.7 Å². The van der Waals surface area contributed by atoms with Crippen LogP contribution in [0.1, 0.15) is 46.0 Å². The maximum absolute atomic E-state index is 12.6. The molecule has 30 heavy (non-hydrogen) atoms. The normalized spacial score (nSPS) is 14.8. The van der Waals surface area contributed by atoms with Crippen molar-refractivity contribution in [3.05, 3.63) is 0 Å². The van der Waals surface area contributed by atoms with Crippen molar-refractivity contribution in [3.63, 3.8) is 0 Å². The van der Waals surface area contributed by atoms with Crippen molar-refractivity contribution >= 4 is 35.5 Å². The van der Waals surface area contributed by atoms with E-state index >= 15 is 0 Å². The highest BCUT2D eigenvalue weighted by molar-refractivity contribution is 7.98. The van der Waals surface area contributed by atoms with Gasteiger partial charge >= 0.3 is 5.97 Å². The lowest BCUT2D eigenvalue weighted by molar-refractivity contribution is -0.141. The van der Waals surface area contributed by atoms with Gasteiger partial charge in [0, 0.05) is 0 Å². The smallest absolute Gasteiger partial charge is 0.326 e. The van der Waals surface area contributed by atoms with Crippen LogP contribution in [0, 0.1) is 5.92 Å². The zero-order valence-corrected chi connectivity index (χ0v) is 18.9. The van der Waals surface area contributed by atoms with Gasteiger partial charge in [0.1, 0.15) is 12.1 Å². The summed E-state index contributed by atoms with van der Waals surface area (Å²) in [5, 5.41) is 16.7. The van der Waals surface area contributed by atoms with Crippen molar-refractivity contribution in [2.75, 3.05) is 25.1 Å². The number of nitrogens with one attached hydrogen (secondary N) is 3. The van der Waals surface area contributed by atoms with Crippen LogP contribution >= 0.6 is 11.8 Å². The topological polar surface area (TPSA) is 177 Å². The lowest BCUT2D eigenvalue weighted by atomic mass is 9.97. The van der Waals surface area contributed by atoms with Crippen molar-refractivity contribution in [1.29, 1.82) is 0 Å². The summed E-state index contributed by atoms with van der Waals surface area (Å²) >= 11 is 1.48. The summed E-state index contributed by atoms with van der Waals surface area (Å²) in [6, 6.07) is -2.60. The first-order valence-corrected chi connectivity index (χ1v) is 11.6. The van der Waals surface area contributed by atoms with Crippen LogP contribution < -0.4 is 27.4 Å². The molecule has 0 bridgehead atoms. The van der Waals surface area contributed by atoms with Crippen LogP contribution in [0.15, 0.2) is 0 Å². The molecule has 0 aromatic rings. The van der Waals surface area contributed by atoms with Crippen LogP contribution in [0.3, 0.4) is 0 Å². The Hall–Kier alpha value is -1.85. The van der Waals surface area contributed by atoms with Crippen LogP contribution in [0.25, 0.3) is 0 Å². The van der Waals surface area contributed by atoms with E-state index in [1.807, 2.05) is 20.1 Å². The van der Waals surface area contributed by atoms with E-state index in [-0.39, 0.29) is 18.9 Å². The molecule has 11 heteroatoms. The second-order valence-electron chi connectivity index (χ2n) is 7.22. The summed E-state index contributed by atoms with van der Waals surface area (Å²) in [6.07, 6.45) is 4.69. The van der Waals surface area contributed by atoms with Gasteiger partial charge in [-0.05, 0) is 43.7 Å². The van der Waals surface area contributed by atoms with Crippen LogP contribution in [0.2, 0.25) is 0 Å². The highest BCUT2D eigenvalue weighted by atomic mass is 32.2. The summed E-state index contributed by atoms with van der Waals surface area (Å²) in [6.45, 7) is 3.84. The predicted octanol–water partition coefficient (Wildman–Crippen LogP) is -0.588. The van der Waals surface area contributed by atoms with Gasteiger partial charge in [0.05, 0.1) is 12.6 Å². The van der Waals surface area contributed by atoms with E-state index in [2.05, 4.69) is 16.0 Å². The lowest BCUT2D eigenvalue weighted by Crippen LogP contribution is -2.55. The average molecular weight is 448 g/mol. The van der Waals surface area contributed by atoms with Crippen molar-refractivity contribution < 1.29 is 24.3 Å². The van der Waals surface area contributed by atoms with Crippen LogP contribution in [0.4, 0.5) is 0 Å². The summed E-state index contributed by atoms with van der Waals surface area (Å²) < 4.78 is 0. The summed E-state index contributed by atoms with van der Waals surface area (Å²) in [5.41, 5.74) is 11.3. The first-order chi connectivity index (χ1) is 14.2. The number of rotatable bonds is 16. The molecule has 0 aliphatic carbocycles. The third-order valence-corrected chi connectivity index (χ3v) is 5.41. The Labute approximate surface area is 182 Å². The number of unbranched alkanes of at least 4 members (excludes halogenated alkanes) is 1. The Kier molecular flexibility index (Phi) is 14.9. The summed E-state index contributed by atoms with van der Waals surface area (Å²) in [7, 11) is 0. The zero-order chi connectivity index (χ0) is 23.1. The van der Waals surface area contributed by atoms with E-state index in [9.17, 15) is 19.2 Å². The maximum atomic E-state index is 12.6. The molecule has 0 aliphatic heterocycles. The van der Waals surface area contributed by atoms with E-state index in [0.29, 0.717) is 31.6 Å². The van der Waals surface area contributed by atoms with E-state index in [4.69, 9.17) is 16.6 Å². The van der Waals surface area contributed by atoms with Crippen molar-refractivity contribution in [2.24, 2.45) is 17.4 Å². The van der Waals surface area contributed by atoms with Crippen molar-refractivity contribution in [3.8, 4) is 0 Å². The van der Waals surface area contributed by atoms with Crippen LogP contribution in [-0.4, -0.2) is 72.0 Å². The Morgan fingerprint density at radius 3 is 2.27 bits per heavy atom. The van der Waals surface area contributed by atoms with Gasteiger partial charge in [-0.25, -0.2) is 4.79 Å². The van der Waals surface area contributed by atoms with Gasteiger partial charge in [0.15, 0.2) is 0 Å². The molecule has 3 amide bonds. The average Bonchev–Trinajstić information content (AvgIpc) is 2.72. The molecule has 0 aliphatic rings. The fourth-order valence-electron chi connectivity index (χ4n) is 2.62. The standard InChI is InChI=1S/C19H37N5O5S/c1-4-12(2)16(24-17(26)13(21)7-5-6-9-20)18(27)22-11-15(25)23-14(19(28)29)8-10-30-3/h12-14,16H,4-11,20-21H2,1-3H3,(H,22,27)(H,23,25)(H,24,26)(H,28,29). The molecule has 4 atom stereocenters. The molecule has 0 saturated heterocycles. The first-order valence-electron chi connectivity index (χ1n) is 10.2. The van der Waals surface area contributed by atoms with Crippen LogP contribution in [0.5, 0.6) is 0 Å². The number of carbonyl (C=O) groups excluding carboxylic acids is 3. The molecular weight excluding hydrogens is 410 g/mol. The molecule has 0 fully saturated rings. The molecule has 0 saturated carbocycles. The summed E-state index contributed by atoms with van der Waals surface area (Å²) in [5.74, 6) is -2.28. The number of nitrogens with two attached hydrogens (primary N) is 2. The molecular formula is C19H37N5O5S. The predicted molar refractivity (Wildman–Crippen MR) is 118 cm³/mol. The van der Waals surface area contributed by atoms with E-state index in [1.165, 1.54) is 11.8 Å². The molecule has 0 radical (unpaired) electrons. The number of carboxylic acid groups (broad SMARTS) is 1. The van der Waals surface area contributed by atoms with Gasteiger partial charge in [-0.15, -0.1) is 0 Å². The molecule has 10 nitrogen and oxygen atoms in total. The molecule has 0 aromatic heterocycles. The molecule has 4 unspecified atom stereocenters. The lowest BCUT2D eigenvalue weighted by Gasteiger charge is -2.25. The number of hydrogen-bond donors (Lipinski definition) is 6. The number of thioether (sulfide) groups is 1. The van der Waals surface area contributed by atoms with E-state index in [0.717, 1.165) is 6.42 Å². The highest BCUT2D eigenvalue weighted by Gasteiger charge is 2.28. The van der Waals surface area contributed by atoms with Crippen LogP contribution in [-0.2, 0) is 19.2 Å². The number of hydrogen-bond acceptors (Lipinski definition) is 7. The third-order valence-electron chi connectivity index (χ3n) is 4.77. The van der Waals surface area contributed by atoms with Crippen molar-refractivity contribution in [1.82, 2.24) is 16.0 Å². The Balaban J connectivity index is 4.78. The van der Waals surface area contributed by atoms with Gasteiger partial charge in [0.2, 0.25) is 17.7 Å². The fraction of sp³-hybridized carbons (Fsp3) is 0.789. The van der Waals surface area contributed by atoms with Gasteiger partial charge in [0.25, 0.3) is 0 Å². The number of carbonyl (C=O) groups is 4.